The highest BCUT2D eigenvalue weighted by molar-refractivity contribution is 5.72. The minimum Gasteiger partial charge on any atom is -0.466 e. The summed E-state index contributed by atoms with van der Waals surface area (Å²) in [6.45, 7) is 4.96. The number of esters is 1. The van der Waals surface area contributed by atoms with Crippen LogP contribution in [-0.2, 0) is 16.1 Å². The Kier molecular flexibility index (Phi) is 4.70. The number of ether oxygens (including phenoxy) is 1. The van der Waals surface area contributed by atoms with Crippen molar-refractivity contribution >= 4 is 5.97 Å². The van der Waals surface area contributed by atoms with Gasteiger partial charge in [-0.3, -0.25) is 14.7 Å². The van der Waals surface area contributed by atoms with Gasteiger partial charge in [0, 0.05) is 19.3 Å². The number of nitrogens with zero attached hydrogens (tertiary/aromatic N) is 2. The Morgan fingerprint density at radius 3 is 3.17 bits per heavy atom. The summed E-state index contributed by atoms with van der Waals surface area (Å²) < 4.78 is 5.10. The maximum Gasteiger partial charge on any atom is 0.310 e. The van der Waals surface area contributed by atoms with Crippen LogP contribution in [0.5, 0.6) is 0 Å². The first kappa shape index (κ1) is 13.0. The van der Waals surface area contributed by atoms with Gasteiger partial charge in [-0.25, -0.2) is 0 Å². The van der Waals surface area contributed by atoms with Crippen molar-refractivity contribution in [2.75, 3.05) is 19.7 Å². The van der Waals surface area contributed by atoms with Gasteiger partial charge in [-0.1, -0.05) is 6.07 Å². The molecule has 2 rings (SSSR count). The fourth-order valence-corrected chi connectivity index (χ4v) is 2.37. The van der Waals surface area contributed by atoms with E-state index in [0.29, 0.717) is 6.61 Å². The standard InChI is InChI=1S/C14H20N2O2/c1-2-18-14(17)12-6-5-9-16(10-12)11-13-7-3-4-8-15-13/h3-4,7-8,12H,2,5-6,9-11H2,1H3/t12-/m0/s1. The maximum atomic E-state index is 11.7. The molecule has 0 bridgehead atoms. The average molecular weight is 248 g/mol. The summed E-state index contributed by atoms with van der Waals surface area (Å²) in [5.41, 5.74) is 1.06. The van der Waals surface area contributed by atoms with E-state index in [1.165, 1.54) is 0 Å². The number of piperidine rings is 1. The largest absolute Gasteiger partial charge is 0.466 e. The van der Waals surface area contributed by atoms with Crippen molar-refractivity contribution in [2.24, 2.45) is 5.92 Å². The van der Waals surface area contributed by atoms with Crippen LogP contribution >= 0.6 is 0 Å². The number of hydrogen-bond donors (Lipinski definition) is 0. The van der Waals surface area contributed by atoms with Crippen LogP contribution in [0.3, 0.4) is 0 Å². The van der Waals surface area contributed by atoms with E-state index < -0.39 is 0 Å². The molecule has 0 amide bonds. The van der Waals surface area contributed by atoms with Crippen LogP contribution < -0.4 is 0 Å². The first-order valence-electron chi connectivity index (χ1n) is 6.58. The topological polar surface area (TPSA) is 42.4 Å². The zero-order chi connectivity index (χ0) is 12.8. The third-order valence-corrected chi connectivity index (χ3v) is 3.24. The molecular formula is C14H20N2O2. The number of carbonyl (C=O) groups excluding carboxylic acids is 1. The predicted molar refractivity (Wildman–Crippen MR) is 68.9 cm³/mol. The summed E-state index contributed by atoms with van der Waals surface area (Å²) in [5, 5.41) is 0. The molecule has 4 nitrogen and oxygen atoms in total. The quantitative estimate of drug-likeness (QED) is 0.763. The molecule has 0 saturated carbocycles. The molecule has 0 radical (unpaired) electrons. The number of likely N-dealkylation sites (tertiary alicyclic amines) is 1. The summed E-state index contributed by atoms with van der Waals surface area (Å²) in [4.78, 5) is 18.3. The van der Waals surface area contributed by atoms with Crippen molar-refractivity contribution in [3.05, 3.63) is 30.1 Å². The molecule has 18 heavy (non-hydrogen) atoms. The van der Waals surface area contributed by atoms with Gasteiger partial charge < -0.3 is 4.74 Å². The molecular weight excluding hydrogens is 228 g/mol. The Labute approximate surface area is 108 Å². The molecule has 2 heterocycles. The fraction of sp³-hybridized carbons (Fsp3) is 0.571. The second-order valence-electron chi connectivity index (χ2n) is 4.65. The van der Waals surface area contributed by atoms with Gasteiger partial charge in [0.05, 0.1) is 18.2 Å². The molecule has 1 saturated heterocycles. The average Bonchev–Trinajstić information content (AvgIpc) is 2.40. The second-order valence-corrected chi connectivity index (χ2v) is 4.65. The van der Waals surface area contributed by atoms with E-state index in [2.05, 4.69) is 9.88 Å². The normalized spacial score (nSPS) is 20.6. The molecule has 1 aromatic rings. The third-order valence-electron chi connectivity index (χ3n) is 3.24. The fourth-order valence-electron chi connectivity index (χ4n) is 2.37. The van der Waals surface area contributed by atoms with Gasteiger partial charge in [-0.2, -0.15) is 0 Å². The Hall–Kier alpha value is -1.42. The van der Waals surface area contributed by atoms with Gasteiger partial charge in [-0.15, -0.1) is 0 Å². The first-order valence-corrected chi connectivity index (χ1v) is 6.58. The van der Waals surface area contributed by atoms with Crippen LogP contribution in [0, 0.1) is 5.92 Å². The molecule has 4 heteroatoms. The highest BCUT2D eigenvalue weighted by Crippen LogP contribution is 2.19. The zero-order valence-corrected chi connectivity index (χ0v) is 10.8. The molecule has 1 aliphatic rings. The molecule has 1 aliphatic heterocycles. The number of rotatable bonds is 4. The third kappa shape index (κ3) is 3.53. The summed E-state index contributed by atoms with van der Waals surface area (Å²) in [7, 11) is 0. The lowest BCUT2D eigenvalue weighted by Crippen LogP contribution is -2.39. The summed E-state index contributed by atoms with van der Waals surface area (Å²) in [5.74, 6) is -0.0226. The van der Waals surface area contributed by atoms with Crippen LogP contribution in [0.15, 0.2) is 24.4 Å². The van der Waals surface area contributed by atoms with Crippen LogP contribution in [0.1, 0.15) is 25.5 Å². The van der Waals surface area contributed by atoms with Gasteiger partial charge in [0.1, 0.15) is 0 Å². The molecule has 1 atom stereocenters. The van der Waals surface area contributed by atoms with Crippen LogP contribution in [-0.4, -0.2) is 35.5 Å². The summed E-state index contributed by atoms with van der Waals surface area (Å²) in [6.07, 6.45) is 3.80. The number of hydrogen-bond acceptors (Lipinski definition) is 4. The van der Waals surface area contributed by atoms with Crippen molar-refractivity contribution in [3.63, 3.8) is 0 Å². The van der Waals surface area contributed by atoms with E-state index in [-0.39, 0.29) is 11.9 Å². The van der Waals surface area contributed by atoms with E-state index in [1.54, 1.807) is 0 Å². The predicted octanol–water partition coefficient (Wildman–Crippen LogP) is 1.86. The van der Waals surface area contributed by atoms with E-state index >= 15 is 0 Å². The van der Waals surface area contributed by atoms with E-state index in [1.807, 2.05) is 31.3 Å². The minimum absolute atomic E-state index is 0.0300. The first-order chi connectivity index (χ1) is 8.79. The molecule has 0 spiro atoms. The Morgan fingerprint density at radius 2 is 2.44 bits per heavy atom. The van der Waals surface area contributed by atoms with Crippen LogP contribution in [0.25, 0.3) is 0 Å². The lowest BCUT2D eigenvalue weighted by atomic mass is 9.98. The summed E-state index contributed by atoms with van der Waals surface area (Å²) in [6, 6.07) is 5.93. The SMILES string of the molecule is CCOC(=O)[C@H]1CCCN(Cc2ccccn2)C1. The van der Waals surface area contributed by atoms with E-state index in [9.17, 15) is 4.79 Å². The number of aromatic nitrogens is 1. The van der Waals surface area contributed by atoms with Gasteiger partial charge in [0.25, 0.3) is 0 Å². The van der Waals surface area contributed by atoms with Crippen LogP contribution in [0.4, 0.5) is 0 Å². The molecule has 0 N–H and O–H groups in total. The van der Waals surface area contributed by atoms with Gasteiger partial charge >= 0.3 is 5.97 Å². The molecule has 1 aromatic heterocycles. The molecule has 98 valence electrons. The number of pyridine rings is 1. The molecule has 1 fully saturated rings. The van der Waals surface area contributed by atoms with E-state index in [0.717, 1.165) is 38.2 Å². The van der Waals surface area contributed by atoms with Crippen molar-refractivity contribution in [2.45, 2.75) is 26.3 Å². The monoisotopic (exact) mass is 248 g/mol. The van der Waals surface area contributed by atoms with Crippen molar-refractivity contribution in [1.82, 2.24) is 9.88 Å². The zero-order valence-electron chi connectivity index (χ0n) is 10.8. The van der Waals surface area contributed by atoms with Gasteiger partial charge in [0.15, 0.2) is 0 Å². The summed E-state index contributed by atoms with van der Waals surface area (Å²) >= 11 is 0. The van der Waals surface area contributed by atoms with Crippen molar-refractivity contribution in [1.29, 1.82) is 0 Å². The van der Waals surface area contributed by atoms with Crippen molar-refractivity contribution in [3.8, 4) is 0 Å². The highest BCUT2D eigenvalue weighted by atomic mass is 16.5. The molecule has 0 unspecified atom stereocenters. The highest BCUT2D eigenvalue weighted by Gasteiger charge is 2.26. The van der Waals surface area contributed by atoms with Crippen LogP contribution in [0.2, 0.25) is 0 Å². The smallest absolute Gasteiger partial charge is 0.310 e. The van der Waals surface area contributed by atoms with Gasteiger partial charge in [-0.05, 0) is 38.4 Å². The molecule has 0 aliphatic carbocycles. The van der Waals surface area contributed by atoms with Crippen molar-refractivity contribution < 1.29 is 9.53 Å². The van der Waals surface area contributed by atoms with Gasteiger partial charge in [0.2, 0.25) is 0 Å². The Balaban J connectivity index is 1.89. The second kappa shape index (κ2) is 6.50. The molecule has 0 aromatic carbocycles. The Bertz CT molecular complexity index is 381. The number of carbonyl (C=O) groups is 1. The maximum absolute atomic E-state index is 11.7. The van der Waals surface area contributed by atoms with E-state index in [4.69, 9.17) is 4.74 Å². The lowest BCUT2D eigenvalue weighted by molar-refractivity contribution is -0.150. The Morgan fingerprint density at radius 1 is 1.56 bits per heavy atom. The lowest BCUT2D eigenvalue weighted by Gasteiger charge is -2.31. The minimum atomic E-state index is -0.0526.